The van der Waals surface area contributed by atoms with Gasteiger partial charge in [0.25, 0.3) is 0 Å². The number of anilines is 1. The Balaban J connectivity index is 1.71. The summed E-state index contributed by atoms with van der Waals surface area (Å²) in [6.07, 6.45) is 0. The van der Waals surface area contributed by atoms with Gasteiger partial charge in [0.15, 0.2) is 0 Å². The van der Waals surface area contributed by atoms with Gasteiger partial charge in [-0.2, -0.15) is 0 Å². The lowest BCUT2D eigenvalue weighted by molar-refractivity contribution is 0.226. The Bertz CT molecular complexity index is 546. The first kappa shape index (κ1) is 17.4. The van der Waals surface area contributed by atoms with Gasteiger partial charge in [0.2, 0.25) is 0 Å². The van der Waals surface area contributed by atoms with Crippen LogP contribution in [-0.2, 0) is 5.88 Å². The number of piperazine rings is 1. The highest BCUT2D eigenvalue weighted by Gasteiger charge is 2.17. The number of rotatable bonds is 5. The van der Waals surface area contributed by atoms with Gasteiger partial charge in [0, 0.05) is 50.8 Å². The van der Waals surface area contributed by atoms with Crippen LogP contribution in [0.25, 0.3) is 0 Å². The average molecular weight is 340 g/mol. The number of hydrogen-bond acceptors (Lipinski definition) is 4. The van der Waals surface area contributed by atoms with E-state index >= 15 is 0 Å². The molecule has 0 radical (unpaired) electrons. The second-order valence-corrected chi connectivity index (χ2v) is 5.64. The molecule has 1 aromatic rings. The normalized spacial score (nSPS) is 15.3. The van der Waals surface area contributed by atoms with Crippen LogP contribution in [-0.4, -0.2) is 56.2 Å². The Kier molecular flexibility index (Phi) is 6.49. The number of carbonyl (C=O) groups is 2. The number of urea groups is 2. The molecule has 0 spiro atoms. The number of carbonyl (C=O) groups excluding carboxylic acids is 2. The van der Waals surface area contributed by atoms with E-state index in [4.69, 9.17) is 17.3 Å². The van der Waals surface area contributed by atoms with Crippen molar-refractivity contribution < 1.29 is 9.59 Å². The van der Waals surface area contributed by atoms with Crippen LogP contribution in [0.1, 0.15) is 5.56 Å². The zero-order chi connectivity index (χ0) is 16.7. The van der Waals surface area contributed by atoms with Crippen molar-refractivity contribution in [3.05, 3.63) is 29.8 Å². The predicted molar refractivity (Wildman–Crippen MR) is 90.8 cm³/mol. The van der Waals surface area contributed by atoms with Crippen LogP contribution in [0.3, 0.4) is 0 Å². The Morgan fingerprint density at radius 2 is 1.96 bits per heavy atom. The van der Waals surface area contributed by atoms with Crippen molar-refractivity contribution in [2.75, 3.05) is 44.2 Å². The molecule has 8 heteroatoms. The van der Waals surface area contributed by atoms with Gasteiger partial charge in [-0.3, -0.25) is 10.2 Å². The van der Waals surface area contributed by atoms with Crippen LogP contribution < -0.4 is 21.3 Å². The molecule has 126 valence electrons. The van der Waals surface area contributed by atoms with Gasteiger partial charge in [-0.05, 0) is 17.7 Å². The van der Waals surface area contributed by atoms with E-state index in [1.807, 2.05) is 17.4 Å². The lowest BCUT2D eigenvalue weighted by Gasteiger charge is -2.36. The van der Waals surface area contributed by atoms with E-state index in [1.54, 1.807) is 0 Å². The molecule has 1 aromatic carbocycles. The van der Waals surface area contributed by atoms with Crippen LogP contribution in [0, 0.1) is 0 Å². The standard InChI is InChI=1S/C15H22ClN5O2/c16-11-12-2-1-3-13(10-12)21-8-6-20(7-9-21)5-4-18-15(23)19-14(17)22/h1-3,10H,4-9,11H2,(H4,17,18,19,22,23). The predicted octanol–water partition coefficient (Wildman–Crippen LogP) is 0.925. The van der Waals surface area contributed by atoms with Crippen LogP contribution in [0.4, 0.5) is 15.3 Å². The van der Waals surface area contributed by atoms with E-state index in [-0.39, 0.29) is 0 Å². The Hall–Kier alpha value is -1.99. The highest BCUT2D eigenvalue weighted by Crippen LogP contribution is 2.19. The summed E-state index contributed by atoms with van der Waals surface area (Å²) in [6, 6.07) is 6.86. The zero-order valence-electron chi connectivity index (χ0n) is 12.9. The molecule has 0 unspecified atom stereocenters. The third kappa shape index (κ3) is 5.61. The molecule has 7 nitrogen and oxygen atoms in total. The van der Waals surface area contributed by atoms with Crippen molar-refractivity contribution >= 4 is 29.4 Å². The zero-order valence-corrected chi connectivity index (χ0v) is 13.7. The molecule has 0 aromatic heterocycles. The third-order valence-corrected chi connectivity index (χ3v) is 4.06. The maximum atomic E-state index is 11.2. The largest absolute Gasteiger partial charge is 0.369 e. The summed E-state index contributed by atoms with van der Waals surface area (Å²) < 4.78 is 0. The molecular weight excluding hydrogens is 318 g/mol. The SMILES string of the molecule is NC(=O)NC(=O)NCCN1CCN(c2cccc(CCl)c2)CC1. The molecule has 0 aliphatic carbocycles. The summed E-state index contributed by atoms with van der Waals surface area (Å²) in [6.45, 7) is 4.91. The van der Waals surface area contributed by atoms with Crippen molar-refractivity contribution in [1.82, 2.24) is 15.5 Å². The summed E-state index contributed by atoms with van der Waals surface area (Å²) >= 11 is 5.88. The number of nitrogens with one attached hydrogen (secondary N) is 2. The third-order valence-electron chi connectivity index (χ3n) is 3.75. The molecule has 4 N–H and O–H groups in total. The Labute approximate surface area is 140 Å². The molecule has 4 amide bonds. The molecule has 0 atom stereocenters. The number of imide groups is 1. The topological polar surface area (TPSA) is 90.7 Å². The summed E-state index contributed by atoms with van der Waals surface area (Å²) in [7, 11) is 0. The first-order valence-corrected chi connectivity index (χ1v) is 8.08. The lowest BCUT2D eigenvalue weighted by atomic mass is 10.2. The lowest BCUT2D eigenvalue weighted by Crippen LogP contribution is -2.49. The monoisotopic (exact) mass is 339 g/mol. The maximum Gasteiger partial charge on any atom is 0.322 e. The molecular formula is C15H22ClN5O2. The van der Waals surface area contributed by atoms with Gasteiger partial charge < -0.3 is 16.0 Å². The van der Waals surface area contributed by atoms with E-state index < -0.39 is 12.1 Å². The van der Waals surface area contributed by atoms with Gasteiger partial charge in [-0.25, -0.2) is 9.59 Å². The van der Waals surface area contributed by atoms with Crippen molar-refractivity contribution in [2.45, 2.75) is 5.88 Å². The fourth-order valence-corrected chi connectivity index (χ4v) is 2.72. The van der Waals surface area contributed by atoms with E-state index in [2.05, 4.69) is 27.2 Å². The quantitative estimate of drug-likeness (QED) is 0.696. The fraction of sp³-hybridized carbons (Fsp3) is 0.467. The van der Waals surface area contributed by atoms with Gasteiger partial charge in [-0.1, -0.05) is 12.1 Å². The van der Waals surface area contributed by atoms with Crippen molar-refractivity contribution in [2.24, 2.45) is 5.73 Å². The van der Waals surface area contributed by atoms with E-state index in [0.717, 1.165) is 38.3 Å². The minimum absolute atomic E-state index is 0.473. The maximum absolute atomic E-state index is 11.2. The molecule has 23 heavy (non-hydrogen) atoms. The molecule has 1 aliphatic rings. The number of hydrogen-bond donors (Lipinski definition) is 3. The summed E-state index contributed by atoms with van der Waals surface area (Å²) in [4.78, 5) is 26.4. The van der Waals surface area contributed by atoms with Gasteiger partial charge >= 0.3 is 12.1 Å². The minimum atomic E-state index is -0.852. The smallest absolute Gasteiger partial charge is 0.322 e. The average Bonchev–Trinajstić information content (AvgIpc) is 2.55. The number of benzene rings is 1. The number of alkyl halides is 1. The molecule has 1 heterocycles. The number of halogens is 1. The highest BCUT2D eigenvalue weighted by atomic mass is 35.5. The van der Waals surface area contributed by atoms with Crippen molar-refractivity contribution in [3.8, 4) is 0 Å². The summed E-state index contributed by atoms with van der Waals surface area (Å²) in [5.41, 5.74) is 7.18. The summed E-state index contributed by atoms with van der Waals surface area (Å²) in [5, 5.41) is 4.57. The molecule has 2 rings (SSSR count). The van der Waals surface area contributed by atoms with Gasteiger partial charge in [0.1, 0.15) is 0 Å². The van der Waals surface area contributed by atoms with Crippen LogP contribution >= 0.6 is 11.6 Å². The van der Waals surface area contributed by atoms with Crippen LogP contribution in [0.2, 0.25) is 0 Å². The second kappa shape index (κ2) is 8.59. The van der Waals surface area contributed by atoms with Crippen LogP contribution in [0.5, 0.6) is 0 Å². The fourth-order valence-electron chi connectivity index (χ4n) is 2.55. The Morgan fingerprint density at radius 1 is 1.22 bits per heavy atom. The van der Waals surface area contributed by atoms with E-state index in [0.29, 0.717) is 12.4 Å². The molecule has 1 aliphatic heterocycles. The highest BCUT2D eigenvalue weighted by molar-refractivity contribution is 6.17. The second-order valence-electron chi connectivity index (χ2n) is 5.38. The Morgan fingerprint density at radius 3 is 2.61 bits per heavy atom. The summed E-state index contributed by atoms with van der Waals surface area (Å²) in [5.74, 6) is 0.521. The van der Waals surface area contributed by atoms with Crippen LogP contribution in [0.15, 0.2) is 24.3 Å². The molecule has 0 saturated carbocycles. The number of amides is 4. The first-order chi connectivity index (χ1) is 11.1. The number of nitrogens with zero attached hydrogens (tertiary/aromatic N) is 2. The van der Waals surface area contributed by atoms with E-state index in [9.17, 15) is 9.59 Å². The van der Waals surface area contributed by atoms with Crippen molar-refractivity contribution in [1.29, 1.82) is 0 Å². The van der Waals surface area contributed by atoms with E-state index in [1.165, 1.54) is 5.69 Å². The first-order valence-electron chi connectivity index (χ1n) is 7.55. The number of nitrogens with two attached hydrogens (primary N) is 1. The van der Waals surface area contributed by atoms with Gasteiger partial charge in [0.05, 0.1) is 0 Å². The molecule has 1 saturated heterocycles. The molecule has 0 bridgehead atoms. The molecule has 1 fully saturated rings. The van der Waals surface area contributed by atoms with Crippen molar-refractivity contribution in [3.63, 3.8) is 0 Å². The minimum Gasteiger partial charge on any atom is -0.369 e. The number of primary amides is 1. The van der Waals surface area contributed by atoms with Gasteiger partial charge in [-0.15, -0.1) is 11.6 Å².